The van der Waals surface area contributed by atoms with Crippen LogP contribution >= 0.6 is 0 Å². The number of anilines is 1. The Hall–Kier alpha value is -2.83. The van der Waals surface area contributed by atoms with Crippen molar-refractivity contribution in [2.45, 2.75) is 52.8 Å². The van der Waals surface area contributed by atoms with Crippen molar-refractivity contribution in [3.63, 3.8) is 0 Å². The van der Waals surface area contributed by atoms with Crippen molar-refractivity contribution in [2.24, 2.45) is 0 Å². The molecule has 3 aromatic rings. The van der Waals surface area contributed by atoms with Crippen LogP contribution in [-0.2, 0) is 12.1 Å². The molecule has 0 unspecified atom stereocenters. The highest BCUT2D eigenvalue weighted by molar-refractivity contribution is 5.74. The summed E-state index contributed by atoms with van der Waals surface area (Å²) in [5, 5.41) is 7.97. The van der Waals surface area contributed by atoms with Crippen LogP contribution in [-0.4, -0.2) is 25.9 Å². The third-order valence-corrected chi connectivity index (χ3v) is 3.83. The van der Waals surface area contributed by atoms with Gasteiger partial charge in [-0.05, 0) is 52.3 Å². The first kappa shape index (κ1) is 18.0. The fourth-order valence-electron chi connectivity index (χ4n) is 2.64. The number of H-pyrrole nitrogens is 1. The Kier molecular flexibility index (Phi) is 4.71. The maximum absolute atomic E-state index is 12.3. The molecule has 7 heteroatoms. The van der Waals surface area contributed by atoms with E-state index in [1.165, 1.54) is 0 Å². The van der Waals surface area contributed by atoms with Gasteiger partial charge >= 0.3 is 0 Å². The third kappa shape index (κ3) is 3.87. The molecular formula is C19H25N5O2. The minimum Gasteiger partial charge on any atom is -0.491 e. The Morgan fingerprint density at radius 3 is 2.54 bits per heavy atom. The van der Waals surface area contributed by atoms with E-state index in [0.29, 0.717) is 23.5 Å². The minimum atomic E-state index is -0.258. The first-order valence-electron chi connectivity index (χ1n) is 8.72. The average Bonchev–Trinajstić information content (AvgIpc) is 2.98. The lowest BCUT2D eigenvalue weighted by Gasteiger charge is -2.19. The van der Waals surface area contributed by atoms with E-state index in [1.54, 1.807) is 10.9 Å². The molecule has 0 radical (unpaired) electrons. The largest absolute Gasteiger partial charge is 0.491 e. The summed E-state index contributed by atoms with van der Waals surface area (Å²) in [5.41, 5.74) is 1.18. The molecule has 7 nitrogen and oxygen atoms in total. The summed E-state index contributed by atoms with van der Waals surface area (Å²) in [5.74, 6) is 1.27. The van der Waals surface area contributed by atoms with Gasteiger partial charge in [0.05, 0.1) is 17.8 Å². The zero-order valence-electron chi connectivity index (χ0n) is 15.8. The molecule has 2 N–H and O–H groups in total. The quantitative estimate of drug-likeness (QED) is 0.734. The Labute approximate surface area is 152 Å². The van der Waals surface area contributed by atoms with Crippen molar-refractivity contribution in [2.75, 3.05) is 5.32 Å². The third-order valence-electron chi connectivity index (χ3n) is 3.83. The zero-order chi connectivity index (χ0) is 18.9. The summed E-state index contributed by atoms with van der Waals surface area (Å²) in [6, 6.07) is 7.84. The van der Waals surface area contributed by atoms with Gasteiger partial charge in [0.15, 0.2) is 5.65 Å². The van der Waals surface area contributed by atoms with Gasteiger partial charge in [0.25, 0.3) is 5.56 Å². The Morgan fingerprint density at radius 2 is 1.92 bits per heavy atom. The second-order valence-corrected chi connectivity index (χ2v) is 7.54. The van der Waals surface area contributed by atoms with Gasteiger partial charge in [-0.1, -0.05) is 12.1 Å². The molecule has 1 aromatic carbocycles. The summed E-state index contributed by atoms with van der Waals surface area (Å²) in [4.78, 5) is 19.6. The molecule has 3 rings (SSSR count). The zero-order valence-corrected chi connectivity index (χ0v) is 15.8. The number of benzene rings is 1. The molecule has 138 valence electrons. The van der Waals surface area contributed by atoms with Gasteiger partial charge in [-0.3, -0.25) is 9.78 Å². The number of ether oxygens (including phenoxy) is 1. The van der Waals surface area contributed by atoms with Crippen molar-refractivity contribution < 1.29 is 4.74 Å². The van der Waals surface area contributed by atoms with Crippen LogP contribution < -0.4 is 15.6 Å². The Balaban J connectivity index is 1.80. The molecule has 0 spiro atoms. The van der Waals surface area contributed by atoms with Gasteiger partial charge in [0, 0.05) is 6.54 Å². The number of fused-ring (bicyclic) bond motifs is 1. The number of hydrogen-bond donors (Lipinski definition) is 2. The summed E-state index contributed by atoms with van der Waals surface area (Å²) in [6.07, 6.45) is 1.71. The molecule has 0 aliphatic carbocycles. The van der Waals surface area contributed by atoms with Crippen LogP contribution in [0.15, 0.2) is 35.3 Å². The van der Waals surface area contributed by atoms with Gasteiger partial charge in [-0.25, -0.2) is 4.68 Å². The Bertz CT molecular complexity index is 949. The highest BCUT2D eigenvalue weighted by Gasteiger charge is 2.19. The topological polar surface area (TPSA) is 84.8 Å². The van der Waals surface area contributed by atoms with Crippen LogP contribution in [0.4, 0.5) is 5.95 Å². The standard InChI is InChI=1S/C19H25N5O2/c1-12(2)26-14-8-6-13(7-9-14)10-20-18-22-16-15(17(25)23-18)11-21-24(16)19(3,4)5/h6-9,11-12H,10H2,1-5H3,(H2,20,22,23,25). The second-order valence-electron chi connectivity index (χ2n) is 7.54. The summed E-state index contributed by atoms with van der Waals surface area (Å²) >= 11 is 0. The predicted octanol–water partition coefficient (Wildman–Crippen LogP) is 3.27. The number of nitrogens with one attached hydrogen (secondary N) is 2. The number of hydrogen-bond acceptors (Lipinski definition) is 5. The lowest BCUT2D eigenvalue weighted by atomic mass is 10.1. The van der Waals surface area contributed by atoms with E-state index >= 15 is 0 Å². The normalized spacial score (nSPS) is 11.9. The van der Waals surface area contributed by atoms with Crippen molar-refractivity contribution in [3.05, 3.63) is 46.4 Å². The molecule has 2 aromatic heterocycles. The number of aromatic amines is 1. The lowest BCUT2D eigenvalue weighted by molar-refractivity contribution is 0.242. The van der Waals surface area contributed by atoms with Gasteiger partial charge in [0.1, 0.15) is 11.1 Å². The maximum Gasteiger partial charge on any atom is 0.263 e. The van der Waals surface area contributed by atoms with Crippen molar-refractivity contribution in [1.82, 2.24) is 19.7 Å². The fourth-order valence-corrected chi connectivity index (χ4v) is 2.64. The highest BCUT2D eigenvalue weighted by Crippen LogP contribution is 2.19. The van der Waals surface area contributed by atoms with Crippen molar-refractivity contribution in [3.8, 4) is 5.75 Å². The molecule has 26 heavy (non-hydrogen) atoms. The van der Waals surface area contributed by atoms with E-state index in [1.807, 2.05) is 58.9 Å². The van der Waals surface area contributed by atoms with Crippen LogP contribution in [0.2, 0.25) is 0 Å². The molecule has 0 saturated heterocycles. The van der Waals surface area contributed by atoms with Gasteiger partial charge in [-0.2, -0.15) is 10.1 Å². The van der Waals surface area contributed by atoms with Gasteiger partial charge in [0.2, 0.25) is 5.95 Å². The first-order chi connectivity index (χ1) is 12.2. The van der Waals surface area contributed by atoms with E-state index in [-0.39, 0.29) is 17.2 Å². The van der Waals surface area contributed by atoms with Crippen LogP contribution in [0.25, 0.3) is 11.0 Å². The molecule has 0 saturated carbocycles. The highest BCUT2D eigenvalue weighted by atomic mass is 16.5. The van der Waals surface area contributed by atoms with E-state index in [4.69, 9.17) is 4.74 Å². The average molecular weight is 355 g/mol. The number of aromatic nitrogens is 4. The molecule has 0 bridgehead atoms. The van der Waals surface area contributed by atoms with E-state index < -0.39 is 0 Å². The van der Waals surface area contributed by atoms with Crippen molar-refractivity contribution in [1.29, 1.82) is 0 Å². The predicted molar refractivity (Wildman–Crippen MR) is 103 cm³/mol. The number of rotatable bonds is 5. The van der Waals surface area contributed by atoms with E-state index in [9.17, 15) is 4.79 Å². The monoisotopic (exact) mass is 355 g/mol. The van der Waals surface area contributed by atoms with Crippen molar-refractivity contribution >= 4 is 17.0 Å². The van der Waals surface area contributed by atoms with Crippen LogP contribution in [0.1, 0.15) is 40.2 Å². The Morgan fingerprint density at radius 1 is 1.23 bits per heavy atom. The molecule has 0 aliphatic heterocycles. The molecular weight excluding hydrogens is 330 g/mol. The molecule has 2 heterocycles. The SMILES string of the molecule is CC(C)Oc1ccc(CNc2nc3c(cnn3C(C)(C)C)c(=O)[nH]2)cc1. The molecule has 0 aliphatic rings. The lowest BCUT2D eigenvalue weighted by Crippen LogP contribution is -2.24. The van der Waals surface area contributed by atoms with E-state index in [2.05, 4.69) is 20.4 Å². The molecule has 0 atom stereocenters. The van der Waals surface area contributed by atoms with E-state index in [0.717, 1.165) is 11.3 Å². The van der Waals surface area contributed by atoms with Crippen LogP contribution in [0.3, 0.4) is 0 Å². The fraction of sp³-hybridized carbons (Fsp3) is 0.421. The van der Waals surface area contributed by atoms with Crippen LogP contribution in [0, 0.1) is 0 Å². The molecule has 0 fully saturated rings. The minimum absolute atomic E-state index is 0.146. The summed E-state index contributed by atoms with van der Waals surface area (Å²) < 4.78 is 7.41. The first-order valence-corrected chi connectivity index (χ1v) is 8.72. The summed E-state index contributed by atoms with van der Waals surface area (Å²) in [7, 11) is 0. The van der Waals surface area contributed by atoms with Gasteiger partial charge in [-0.15, -0.1) is 0 Å². The maximum atomic E-state index is 12.3. The van der Waals surface area contributed by atoms with Gasteiger partial charge < -0.3 is 10.1 Å². The number of nitrogens with zero attached hydrogens (tertiary/aromatic N) is 3. The summed E-state index contributed by atoms with van der Waals surface area (Å²) in [6.45, 7) is 10.6. The second kappa shape index (κ2) is 6.82. The smallest absolute Gasteiger partial charge is 0.263 e. The molecule has 0 amide bonds. The van der Waals surface area contributed by atoms with Crippen LogP contribution in [0.5, 0.6) is 5.75 Å².